The predicted octanol–water partition coefficient (Wildman–Crippen LogP) is 2.74. The second-order valence-electron chi connectivity index (χ2n) is 6.19. The SMILES string of the molecule is COCC1(CC2CC2)CCC2(CC1)OCCO2. The first-order chi connectivity index (χ1) is 8.26. The Morgan fingerprint density at radius 1 is 1.06 bits per heavy atom. The molecular formula is C14H24O3. The highest BCUT2D eigenvalue weighted by Crippen LogP contribution is 2.51. The summed E-state index contributed by atoms with van der Waals surface area (Å²) in [6.07, 6.45) is 8.75. The molecule has 0 atom stereocenters. The van der Waals surface area contributed by atoms with E-state index in [4.69, 9.17) is 14.2 Å². The average Bonchev–Trinajstić information content (AvgIpc) is 3.02. The third-order valence-corrected chi connectivity index (χ3v) is 4.76. The molecule has 17 heavy (non-hydrogen) atoms. The lowest BCUT2D eigenvalue weighted by Crippen LogP contribution is -2.42. The summed E-state index contributed by atoms with van der Waals surface area (Å²) in [4.78, 5) is 0. The molecule has 0 aromatic rings. The van der Waals surface area contributed by atoms with Crippen molar-refractivity contribution in [2.45, 2.75) is 50.7 Å². The fourth-order valence-corrected chi connectivity index (χ4v) is 3.59. The molecule has 0 unspecified atom stereocenters. The second-order valence-corrected chi connectivity index (χ2v) is 6.19. The largest absolute Gasteiger partial charge is 0.384 e. The zero-order valence-electron chi connectivity index (χ0n) is 10.9. The molecule has 3 rings (SSSR count). The minimum Gasteiger partial charge on any atom is -0.384 e. The van der Waals surface area contributed by atoms with Crippen LogP contribution in [0.2, 0.25) is 0 Å². The van der Waals surface area contributed by atoms with Crippen molar-refractivity contribution >= 4 is 0 Å². The summed E-state index contributed by atoms with van der Waals surface area (Å²) >= 11 is 0. The molecule has 0 N–H and O–H groups in total. The fourth-order valence-electron chi connectivity index (χ4n) is 3.59. The van der Waals surface area contributed by atoms with Crippen LogP contribution >= 0.6 is 0 Å². The minimum absolute atomic E-state index is 0.221. The van der Waals surface area contributed by atoms with Crippen LogP contribution in [-0.2, 0) is 14.2 Å². The van der Waals surface area contributed by atoms with Gasteiger partial charge in [0.25, 0.3) is 0 Å². The predicted molar refractivity (Wildman–Crippen MR) is 64.8 cm³/mol. The van der Waals surface area contributed by atoms with Gasteiger partial charge in [0.2, 0.25) is 0 Å². The Hall–Kier alpha value is -0.120. The van der Waals surface area contributed by atoms with Crippen molar-refractivity contribution in [3.05, 3.63) is 0 Å². The van der Waals surface area contributed by atoms with Crippen molar-refractivity contribution in [2.75, 3.05) is 26.9 Å². The van der Waals surface area contributed by atoms with Crippen LogP contribution in [0.5, 0.6) is 0 Å². The molecule has 2 aliphatic carbocycles. The Balaban J connectivity index is 1.62. The number of ether oxygens (including phenoxy) is 3. The van der Waals surface area contributed by atoms with Crippen LogP contribution in [0.25, 0.3) is 0 Å². The minimum atomic E-state index is -0.221. The number of hydrogen-bond acceptors (Lipinski definition) is 3. The van der Waals surface area contributed by atoms with Gasteiger partial charge in [0, 0.05) is 20.0 Å². The van der Waals surface area contributed by atoms with Crippen molar-refractivity contribution < 1.29 is 14.2 Å². The smallest absolute Gasteiger partial charge is 0.168 e. The molecule has 3 nitrogen and oxygen atoms in total. The molecule has 0 radical (unpaired) electrons. The zero-order chi connectivity index (χ0) is 11.8. The number of methoxy groups -OCH3 is 1. The molecule has 2 saturated carbocycles. The first kappa shape index (κ1) is 11.9. The fraction of sp³-hybridized carbons (Fsp3) is 1.00. The molecule has 0 aromatic heterocycles. The van der Waals surface area contributed by atoms with E-state index >= 15 is 0 Å². The number of rotatable bonds is 4. The highest BCUT2D eigenvalue weighted by Gasteiger charge is 2.47. The quantitative estimate of drug-likeness (QED) is 0.756. The monoisotopic (exact) mass is 240 g/mol. The lowest BCUT2D eigenvalue weighted by molar-refractivity contribution is -0.196. The Labute approximate surface area is 104 Å². The molecule has 0 amide bonds. The molecule has 0 aromatic carbocycles. The molecule has 98 valence electrons. The molecular weight excluding hydrogens is 216 g/mol. The Kier molecular flexibility index (Phi) is 3.18. The third-order valence-electron chi connectivity index (χ3n) is 4.76. The van der Waals surface area contributed by atoms with Gasteiger partial charge in [-0.15, -0.1) is 0 Å². The maximum Gasteiger partial charge on any atom is 0.168 e. The first-order valence-electron chi connectivity index (χ1n) is 7.03. The molecule has 3 fully saturated rings. The highest BCUT2D eigenvalue weighted by molar-refractivity contribution is 4.94. The molecule has 1 aliphatic heterocycles. The van der Waals surface area contributed by atoms with E-state index in [1.54, 1.807) is 0 Å². The lowest BCUT2D eigenvalue weighted by Gasteiger charge is -2.43. The Morgan fingerprint density at radius 2 is 1.71 bits per heavy atom. The summed E-state index contributed by atoms with van der Waals surface area (Å²) in [6, 6.07) is 0. The molecule has 1 saturated heterocycles. The van der Waals surface area contributed by atoms with Gasteiger partial charge < -0.3 is 14.2 Å². The molecule has 1 spiro atoms. The standard InChI is InChI=1S/C14H24O3/c1-15-11-13(10-12-2-3-12)4-6-14(7-5-13)16-8-9-17-14/h12H,2-11H2,1H3. The van der Waals surface area contributed by atoms with Crippen molar-refractivity contribution in [3.63, 3.8) is 0 Å². The van der Waals surface area contributed by atoms with Gasteiger partial charge in [-0.2, -0.15) is 0 Å². The Bertz CT molecular complexity index is 257. The van der Waals surface area contributed by atoms with Crippen molar-refractivity contribution in [2.24, 2.45) is 11.3 Å². The van der Waals surface area contributed by atoms with Crippen molar-refractivity contribution in [1.82, 2.24) is 0 Å². The summed E-state index contributed by atoms with van der Waals surface area (Å²) < 4.78 is 17.1. The summed E-state index contributed by atoms with van der Waals surface area (Å²) in [5.41, 5.74) is 0.413. The van der Waals surface area contributed by atoms with Crippen molar-refractivity contribution in [1.29, 1.82) is 0 Å². The summed E-state index contributed by atoms with van der Waals surface area (Å²) in [7, 11) is 1.83. The molecule has 3 aliphatic rings. The topological polar surface area (TPSA) is 27.7 Å². The van der Waals surface area contributed by atoms with E-state index in [1.165, 1.54) is 32.1 Å². The first-order valence-corrected chi connectivity index (χ1v) is 7.03. The van der Waals surface area contributed by atoms with Crippen LogP contribution < -0.4 is 0 Å². The molecule has 3 heteroatoms. The maximum absolute atomic E-state index is 5.81. The van der Waals surface area contributed by atoms with Crippen LogP contribution in [0, 0.1) is 11.3 Å². The summed E-state index contributed by atoms with van der Waals surface area (Å²) in [5, 5.41) is 0. The maximum atomic E-state index is 5.81. The van der Waals surface area contributed by atoms with E-state index in [0.29, 0.717) is 5.41 Å². The van der Waals surface area contributed by atoms with Gasteiger partial charge >= 0.3 is 0 Å². The summed E-state index contributed by atoms with van der Waals surface area (Å²) in [6.45, 7) is 2.47. The third kappa shape index (κ3) is 2.51. The lowest BCUT2D eigenvalue weighted by atomic mass is 9.69. The van der Waals surface area contributed by atoms with Gasteiger partial charge in [-0.05, 0) is 30.6 Å². The van der Waals surface area contributed by atoms with E-state index in [-0.39, 0.29) is 5.79 Å². The van der Waals surface area contributed by atoms with E-state index in [2.05, 4.69) is 0 Å². The van der Waals surface area contributed by atoms with Crippen molar-refractivity contribution in [3.8, 4) is 0 Å². The zero-order valence-corrected chi connectivity index (χ0v) is 10.9. The number of hydrogen-bond donors (Lipinski definition) is 0. The van der Waals surface area contributed by atoms with Gasteiger partial charge in [-0.1, -0.05) is 12.8 Å². The summed E-state index contributed by atoms with van der Waals surface area (Å²) in [5.74, 6) is 0.755. The van der Waals surface area contributed by atoms with E-state index in [9.17, 15) is 0 Å². The second kappa shape index (κ2) is 4.52. The van der Waals surface area contributed by atoms with Crippen LogP contribution in [0.3, 0.4) is 0 Å². The highest BCUT2D eigenvalue weighted by atomic mass is 16.7. The van der Waals surface area contributed by atoms with Gasteiger partial charge in [0.15, 0.2) is 5.79 Å². The van der Waals surface area contributed by atoms with Crippen LogP contribution in [-0.4, -0.2) is 32.7 Å². The molecule has 1 heterocycles. The van der Waals surface area contributed by atoms with Gasteiger partial charge in [-0.25, -0.2) is 0 Å². The average molecular weight is 240 g/mol. The van der Waals surface area contributed by atoms with Gasteiger partial charge in [0.1, 0.15) is 0 Å². The van der Waals surface area contributed by atoms with E-state index < -0.39 is 0 Å². The Morgan fingerprint density at radius 3 is 2.24 bits per heavy atom. The van der Waals surface area contributed by atoms with E-state index in [1.807, 2.05) is 7.11 Å². The molecule has 0 bridgehead atoms. The van der Waals surface area contributed by atoms with Gasteiger partial charge in [-0.3, -0.25) is 0 Å². The van der Waals surface area contributed by atoms with Crippen LogP contribution in [0.1, 0.15) is 44.9 Å². The van der Waals surface area contributed by atoms with Gasteiger partial charge in [0.05, 0.1) is 19.8 Å². The van der Waals surface area contributed by atoms with Crippen LogP contribution in [0.4, 0.5) is 0 Å². The van der Waals surface area contributed by atoms with Crippen LogP contribution in [0.15, 0.2) is 0 Å². The normalized spacial score (nSPS) is 30.9. The van der Waals surface area contributed by atoms with E-state index in [0.717, 1.165) is 38.6 Å².